The highest BCUT2D eigenvalue weighted by atomic mass is 16.2. The van der Waals surface area contributed by atoms with E-state index in [0.717, 1.165) is 32.2 Å². The highest BCUT2D eigenvalue weighted by molar-refractivity contribution is 5.93. The van der Waals surface area contributed by atoms with Crippen molar-refractivity contribution in [3.05, 3.63) is 12.4 Å². The summed E-state index contributed by atoms with van der Waals surface area (Å²) in [6.45, 7) is 4.38. The monoisotopic (exact) mass is 293 g/mol. The Bertz CT molecular complexity index is 493. The maximum atomic E-state index is 12.0. The van der Waals surface area contributed by atoms with Crippen LogP contribution in [0.15, 0.2) is 12.4 Å². The first-order chi connectivity index (χ1) is 10.1. The maximum absolute atomic E-state index is 12.0. The third kappa shape index (κ3) is 4.47. The van der Waals surface area contributed by atoms with Gasteiger partial charge in [0.25, 0.3) is 0 Å². The van der Waals surface area contributed by atoms with Crippen molar-refractivity contribution in [2.24, 2.45) is 0 Å². The van der Waals surface area contributed by atoms with E-state index in [2.05, 4.69) is 21.0 Å². The Balaban J connectivity index is 1.76. The van der Waals surface area contributed by atoms with E-state index in [1.807, 2.05) is 6.92 Å². The van der Waals surface area contributed by atoms with E-state index in [1.165, 1.54) is 0 Å². The van der Waals surface area contributed by atoms with Crippen molar-refractivity contribution in [3.8, 4) is 0 Å². The summed E-state index contributed by atoms with van der Waals surface area (Å²) in [7, 11) is 0. The molecule has 0 saturated heterocycles. The van der Waals surface area contributed by atoms with Gasteiger partial charge in [0.1, 0.15) is 6.04 Å². The number of aromatic nitrogens is 2. The quantitative estimate of drug-likeness (QED) is 0.768. The number of nitrogens with zero attached hydrogens (tertiary/aromatic N) is 2. The lowest BCUT2D eigenvalue weighted by Gasteiger charge is -2.17. The second kappa shape index (κ2) is 7.10. The standard InChI is InChI=1S/C14H23N5O2/c1-3-19-9-12(8-15-19)18-14(21)16-10(2)13(20)17-11-6-4-5-7-11/h8-11H,3-7H2,1-2H3,(H,17,20)(H2,16,18,21)/t10-/m0/s1. The van der Waals surface area contributed by atoms with Crippen molar-refractivity contribution in [1.82, 2.24) is 20.4 Å². The molecule has 1 atom stereocenters. The van der Waals surface area contributed by atoms with E-state index in [-0.39, 0.29) is 11.9 Å². The molecule has 7 nitrogen and oxygen atoms in total. The average Bonchev–Trinajstić information content (AvgIpc) is 3.09. The summed E-state index contributed by atoms with van der Waals surface area (Å²) in [5.41, 5.74) is 0.609. The van der Waals surface area contributed by atoms with Gasteiger partial charge in [0.2, 0.25) is 5.91 Å². The first-order valence-corrected chi connectivity index (χ1v) is 7.49. The van der Waals surface area contributed by atoms with E-state index >= 15 is 0 Å². The molecule has 1 saturated carbocycles. The van der Waals surface area contributed by atoms with Gasteiger partial charge in [0.05, 0.1) is 11.9 Å². The minimum absolute atomic E-state index is 0.138. The molecule has 1 fully saturated rings. The van der Waals surface area contributed by atoms with Crippen molar-refractivity contribution in [2.75, 3.05) is 5.32 Å². The molecule has 0 bridgehead atoms. The Morgan fingerprint density at radius 2 is 2.14 bits per heavy atom. The molecule has 0 radical (unpaired) electrons. The zero-order valence-electron chi connectivity index (χ0n) is 12.6. The second-order valence-corrected chi connectivity index (χ2v) is 5.39. The van der Waals surface area contributed by atoms with Crippen LogP contribution in [0.1, 0.15) is 39.5 Å². The zero-order chi connectivity index (χ0) is 15.2. The molecule has 21 heavy (non-hydrogen) atoms. The molecule has 3 amide bonds. The Hall–Kier alpha value is -2.05. The smallest absolute Gasteiger partial charge is 0.319 e. The Labute approximate surface area is 124 Å². The molecule has 1 aromatic heterocycles. The van der Waals surface area contributed by atoms with Gasteiger partial charge in [-0.3, -0.25) is 9.48 Å². The number of carbonyl (C=O) groups excluding carboxylic acids is 2. The topological polar surface area (TPSA) is 88.0 Å². The van der Waals surface area contributed by atoms with Gasteiger partial charge in [0, 0.05) is 18.8 Å². The van der Waals surface area contributed by atoms with E-state index in [9.17, 15) is 9.59 Å². The Morgan fingerprint density at radius 1 is 1.43 bits per heavy atom. The van der Waals surface area contributed by atoms with Crippen molar-refractivity contribution in [3.63, 3.8) is 0 Å². The number of hydrogen-bond acceptors (Lipinski definition) is 3. The van der Waals surface area contributed by atoms with Gasteiger partial charge in [-0.2, -0.15) is 5.10 Å². The van der Waals surface area contributed by atoms with Crippen molar-refractivity contribution in [1.29, 1.82) is 0 Å². The molecule has 1 aliphatic carbocycles. The van der Waals surface area contributed by atoms with Crippen LogP contribution in [-0.4, -0.2) is 33.8 Å². The van der Waals surface area contributed by atoms with Crippen molar-refractivity contribution in [2.45, 2.75) is 58.2 Å². The molecule has 2 rings (SSSR count). The molecule has 116 valence electrons. The molecule has 0 spiro atoms. The van der Waals surface area contributed by atoms with Gasteiger partial charge in [0.15, 0.2) is 0 Å². The highest BCUT2D eigenvalue weighted by Crippen LogP contribution is 2.17. The van der Waals surface area contributed by atoms with Gasteiger partial charge < -0.3 is 16.0 Å². The average molecular weight is 293 g/mol. The summed E-state index contributed by atoms with van der Waals surface area (Å²) in [5, 5.41) is 12.3. The number of anilines is 1. The molecule has 0 unspecified atom stereocenters. The zero-order valence-corrected chi connectivity index (χ0v) is 12.6. The van der Waals surface area contributed by atoms with E-state index in [0.29, 0.717) is 5.69 Å². The van der Waals surface area contributed by atoms with Crippen LogP contribution in [0.5, 0.6) is 0 Å². The van der Waals surface area contributed by atoms with Crippen LogP contribution in [0.3, 0.4) is 0 Å². The number of aryl methyl sites for hydroxylation is 1. The minimum atomic E-state index is -0.563. The third-order valence-electron chi connectivity index (χ3n) is 3.66. The Morgan fingerprint density at radius 3 is 2.76 bits per heavy atom. The fraction of sp³-hybridized carbons (Fsp3) is 0.643. The van der Waals surface area contributed by atoms with Crippen LogP contribution < -0.4 is 16.0 Å². The number of carbonyl (C=O) groups is 2. The molecule has 0 aromatic carbocycles. The van der Waals surface area contributed by atoms with Gasteiger partial charge in [-0.25, -0.2) is 4.79 Å². The molecule has 3 N–H and O–H groups in total. The summed E-state index contributed by atoms with van der Waals surface area (Å²) in [6, 6.07) is -0.709. The largest absolute Gasteiger partial charge is 0.352 e. The fourth-order valence-electron chi connectivity index (χ4n) is 2.43. The van der Waals surface area contributed by atoms with Crippen LogP contribution >= 0.6 is 0 Å². The Kier molecular flexibility index (Phi) is 5.19. The van der Waals surface area contributed by atoms with Gasteiger partial charge in [-0.15, -0.1) is 0 Å². The lowest BCUT2D eigenvalue weighted by Crippen LogP contribution is -2.48. The predicted octanol–water partition coefficient (Wildman–Crippen LogP) is 1.47. The first-order valence-electron chi connectivity index (χ1n) is 7.49. The number of rotatable bonds is 5. The fourth-order valence-corrected chi connectivity index (χ4v) is 2.43. The molecular formula is C14H23N5O2. The van der Waals surface area contributed by atoms with Crippen molar-refractivity contribution < 1.29 is 9.59 Å². The van der Waals surface area contributed by atoms with E-state index in [1.54, 1.807) is 24.0 Å². The van der Waals surface area contributed by atoms with Gasteiger partial charge >= 0.3 is 6.03 Å². The minimum Gasteiger partial charge on any atom is -0.352 e. The van der Waals surface area contributed by atoms with Crippen molar-refractivity contribution >= 4 is 17.6 Å². The van der Waals surface area contributed by atoms with Crippen LogP contribution in [0.25, 0.3) is 0 Å². The molecule has 0 aliphatic heterocycles. The molecule has 7 heteroatoms. The molecule has 1 aliphatic rings. The first kappa shape index (κ1) is 15.3. The van der Waals surface area contributed by atoms with Crippen LogP contribution in [-0.2, 0) is 11.3 Å². The maximum Gasteiger partial charge on any atom is 0.319 e. The summed E-state index contributed by atoms with van der Waals surface area (Å²) in [5.74, 6) is -0.138. The lowest BCUT2D eigenvalue weighted by molar-refractivity contribution is -0.123. The van der Waals surface area contributed by atoms with Crippen LogP contribution in [0.2, 0.25) is 0 Å². The summed E-state index contributed by atoms with van der Waals surface area (Å²) >= 11 is 0. The second-order valence-electron chi connectivity index (χ2n) is 5.39. The van der Waals surface area contributed by atoms with Gasteiger partial charge in [-0.1, -0.05) is 12.8 Å². The molecule has 1 heterocycles. The van der Waals surface area contributed by atoms with Gasteiger partial charge in [-0.05, 0) is 26.7 Å². The van der Waals surface area contributed by atoms with E-state index < -0.39 is 12.1 Å². The third-order valence-corrected chi connectivity index (χ3v) is 3.66. The lowest BCUT2D eigenvalue weighted by atomic mass is 10.2. The van der Waals surface area contributed by atoms with E-state index in [4.69, 9.17) is 0 Å². The predicted molar refractivity (Wildman–Crippen MR) is 79.9 cm³/mol. The number of hydrogen-bond donors (Lipinski definition) is 3. The summed E-state index contributed by atoms with van der Waals surface area (Å²) < 4.78 is 1.71. The SMILES string of the molecule is CCn1cc(NC(=O)N[C@@H](C)C(=O)NC2CCCC2)cn1. The molecule has 1 aromatic rings. The number of urea groups is 1. The normalized spacial score (nSPS) is 16.5. The molecular weight excluding hydrogens is 270 g/mol. The van der Waals surface area contributed by atoms with Crippen LogP contribution in [0, 0.1) is 0 Å². The number of nitrogens with one attached hydrogen (secondary N) is 3. The van der Waals surface area contributed by atoms with Crippen LogP contribution in [0.4, 0.5) is 10.5 Å². The summed E-state index contributed by atoms with van der Waals surface area (Å²) in [6.07, 6.45) is 7.69. The summed E-state index contributed by atoms with van der Waals surface area (Å²) in [4.78, 5) is 23.8. The number of amides is 3. The highest BCUT2D eigenvalue weighted by Gasteiger charge is 2.21.